The Bertz CT molecular complexity index is 616. The molecular weight excluding hydrogens is 348 g/mol. The number of nitrogens with one attached hydrogen (secondary N) is 1. The van der Waals surface area contributed by atoms with Crippen LogP contribution in [0.4, 0.5) is 10.5 Å². The van der Waals surface area contributed by atoms with Crippen molar-refractivity contribution in [2.24, 2.45) is 0 Å². The summed E-state index contributed by atoms with van der Waals surface area (Å²) in [7, 11) is 0. The Hall–Kier alpha value is -1.73. The normalized spacial score (nSPS) is 18.5. The van der Waals surface area contributed by atoms with Gasteiger partial charge in [-0.2, -0.15) is 0 Å². The number of hydrogen-bond acceptors (Lipinski definition) is 5. The van der Waals surface area contributed by atoms with Gasteiger partial charge in [0.2, 0.25) is 5.91 Å². The summed E-state index contributed by atoms with van der Waals surface area (Å²) in [5, 5.41) is 2.57. The Kier molecular flexibility index (Phi) is 6.80. The van der Waals surface area contributed by atoms with Crippen LogP contribution in [-0.2, 0) is 4.79 Å². The van der Waals surface area contributed by atoms with Crippen molar-refractivity contribution in [3.63, 3.8) is 0 Å². The van der Waals surface area contributed by atoms with Gasteiger partial charge in [0, 0.05) is 37.6 Å². The molecule has 0 atom stereocenters. The lowest BCUT2D eigenvalue weighted by molar-refractivity contribution is -0.125. The van der Waals surface area contributed by atoms with Gasteiger partial charge in [0.15, 0.2) is 0 Å². The quantitative estimate of drug-likeness (QED) is 0.557. The first kappa shape index (κ1) is 19.0. The number of anilines is 1. The lowest BCUT2D eigenvalue weighted by Crippen LogP contribution is -2.47. The summed E-state index contributed by atoms with van der Waals surface area (Å²) in [5.41, 5.74) is 1.35. The molecule has 0 bridgehead atoms. The number of para-hydroxylation sites is 1. The third kappa shape index (κ3) is 4.71. The molecule has 6 nitrogen and oxygen atoms in total. The maximum absolute atomic E-state index is 11.6. The largest absolute Gasteiger partial charge is 0.368 e. The molecule has 2 fully saturated rings. The molecule has 1 aromatic carbocycles. The van der Waals surface area contributed by atoms with Crippen molar-refractivity contribution in [3.8, 4) is 0 Å². The average molecular weight is 377 g/mol. The molecule has 0 aliphatic carbocycles. The van der Waals surface area contributed by atoms with Crippen LogP contribution in [0.15, 0.2) is 29.2 Å². The van der Waals surface area contributed by atoms with Gasteiger partial charge in [-0.3, -0.25) is 14.6 Å². The molecular formula is C19H28N4O2S. The van der Waals surface area contributed by atoms with Gasteiger partial charge in [0.1, 0.15) is 0 Å². The van der Waals surface area contributed by atoms with Gasteiger partial charge >= 0.3 is 6.03 Å². The molecule has 2 saturated heterocycles. The third-order valence-corrected chi connectivity index (χ3v) is 6.10. The Morgan fingerprint density at radius 2 is 1.85 bits per heavy atom. The zero-order chi connectivity index (χ0) is 18.4. The van der Waals surface area contributed by atoms with E-state index in [0.717, 1.165) is 44.9 Å². The number of benzene rings is 1. The maximum Gasteiger partial charge on any atom is 0.324 e. The fraction of sp³-hybridized carbons (Fsp3) is 0.579. The van der Waals surface area contributed by atoms with Gasteiger partial charge in [0.05, 0.1) is 12.2 Å². The van der Waals surface area contributed by atoms with E-state index in [1.807, 2.05) is 11.8 Å². The summed E-state index contributed by atoms with van der Waals surface area (Å²) in [5.74, 6) is 1.04. The molecule has 2 heterocycles. The zero-order valence-corrected chi connectivity index (χ0v) is 16.3. The number of carbonyl (C=O) groups is 2. The van der Waals surface area contributed by atoms with E-state index in [-0.39, 0.29) is 18.5 Å². The van der Waals surface area contributed by atoms with Crippen LogP contribution in [0, 0.1) is 0 Å². The second-order valence-electron chi connectivity index (χ2n) is 6.70. The highest BCUT2D eigenvalue weighted by Crippen LogP contribution is 2.31. The molecule has 142 valence electrons. The van der Waals surface area contributed by atoms with Crippen LogP contribution in [0.3, 0.4) is 0 Å². The van der Waals surface area contributed by atoms with Crippen molar-refractivity contribution in [2.75, 3.05) is 56.5 Å². The van der Waals surface area contributed by atoms with Crippen LogP contribution in [0.1, 0.15) is 19.8 Å². The molecule has 26 heavy (non-hydrogen) atoms. The van der Waals surface area contributed by atoms with Gasteiger partial charge in [-0.05, 0) is 37.3 Å². The Morgan fingerprint density at radius 1 is 1.08 bits per heavy atom. The first-order chi connectivity index (χ1) is 12.7. The number of rotatable bonds is 8. The molecule has 1 aromatic rings. The van der Waals surface area contributed by atoms with Crippen molar-refractivity contribution >= 4 is 29.4 Å². The fourth-order valence-electron chi connectivity index (χ4n) is 3.40. The van der Waals surface area contributed by atoms with Gasteiger partial charge in [-0.25, -0.2) is 4.79 Å². The standard InChI is InChI=1S/C19H28N4O2S/c1-2-14-26-17-7-4-3-6-16(17)22-12-10-21(11-13-22)8-5-9-23-18(24)15-20-19(23)25/h3-4,6-7H,2,5,8-15H2,1H3,(H,20,25). The molecule has 0 aromatic heterocycles. The van der Waals surface area contributed by atoms with Crippen molar-refractivity contribution in [2.45, 2.75) is 24.7 Å². The number of piperazine rings is 1. The van der Waals surface area contributed by atoms with Crippen LogP contribution in [0.2, 0.25) is 0 Å². The SMILES string of the molecule is CCCSc1ccccc1N1CCN(CCCN2C(=O)CNC2=O)CC1. The molecule has 0 radical (unpaired) electrons. The van der Waals surface area contributed by atoms with E-state index in [0.29, 0.717) is 6.54 Å². The van der Waals surface area contributed by atoms with E-state index >= 15 is 0 Å². The molecule has 3 rings (SSSR count). The monoisotopic (exact) mass is 376 g/mol. The highest BCUT2D eigenvalue weighted by Gasteiger charge is 2.28. The van der Waals surface area contributed by atoms with Gasteiger partial charge < -0.3 is 10.2 Å². The van der Waals surface area contributed by atoms with Crippen LogP contribution in [0.25, 0.3) is 0 Å². The van der Waals surface area contributed by atoms with E-state index in [1.165, 1.54) is 21.9 Å². The molecule has 0 unspecified atom stereocenters. The zero-order valence-electron chi connectivity index (χ0n) is 15.4. The molecule has 3 amide bonds. The number of carbonyl (C=O) groups excluding carboxylic acids is 2. The summed E-state index contributed by atoms with van der Waals surface area (Å²) >= 11 is 1.94. The van der Waals surface area contributed by atoms with Gasteiger partial charge in [-0.15, -0.1) is 11.8 Å². The maximum atomic E-state index is 11.6. The summed E-state index contributed by atoms with van der Waals surface area (Å²) < 4.78 is 0. The average Bonchev–Trinajstić information content (AvgIpc) is 2.99. The van der Waals surface area contributed by atoms with Crippen LogP contribution in [-0.4, -0.2) is 73.3 Å². The van der Waals surface area contributed by atoms with Crippen molar-refractivity contribution < 1.29 is 9.59 Å². The van der Waals surface area contributed by atoms with E-state index in [2.05, 4.69) is 46.3 Å². The molecule has 1 N–H and O–H groups in total. The first-order valence-corrected chi connectivity index (χ1v) is 10.4. The number of urea groups is 1. The smallest absolute Gasteiger partial charge is 0.324 e. The minimum atomic E-state index is -0.249. The highest BCUT2D eigenvalue weighted by atomic mass is 32.2. The molecule has 2 aliphatic rings. The van der Waals surface area contributed by atoms with E-state index in [1.54, 1.807) is 0 Å². The van der Waals surface area contributed by atoms with Crippen LogP contribution < -0.4 is 10.2 Å². The summed E-state index contributed by atoms with van der Waals surface area (Å²) in [6.45, 7) is 7.89. The Morgan fingerprint density at radius 3 is 2.54 bits per heavy atom. The van der Waals surface area contributed by atoms with Crippen molar-refractivity contribution in [3.05, 3.63) is 24.3 Å². The lowest BCUT2D eigenvalue weighted by atomic mass is 10.2. The summed E-state index contributed by atoms with van der Waals surface area (Å²) in [6.07, 6.45) is 2.02. The molecule has 7 heteroatoms. The number of hydrogen-bond donors (Lipinski definition) is 1. The fourth-order valence-corrected chi connectivity index (χ4v) is 4.34. The van der Waals surface area contributed by atoms with Crippen LogP contribution >= 0.6 is 11.8 Å². The highest BCUT2D eigenvalue weighted by molar-refractivity contribution is 7.99. The number of nitrogens with zero attached hydrogens (tertiary/aromatic N) is 3. The summed E-state index contributed by atoms with van der Waals surface area (Å²) in [4.78, 5) is 30.8. The minimum Gasteiger partial charge on any atom is -0.368 e. The first-order valence-electron chi connectivity index (χ1n) is 9.46. The minimum absolute atomic E-state index is 0.110. The predicted molar refractivity (Wildman–Crippen MR) is 106 cm³/mol. The van der Waals surface area contributed by atoms with Crippen LogP contribution in [0.5, 0.6) is 0 Å². The molecule has 2 aliphatic heterocycles. The number of imide groups is 1. The van der Waals surface area contributed by atoms with E-state index in [9.17, 15) is 9.59 Å². The number of amides is 3. The second-order valence-corrected chi connectivity index (χ2v) is 7.84. The third-order valence-electron chi connectivity index (χ3n) is 4.83. The Labute approximate surface area is 159 Å². The molecule has 0 spiro atoms. The Balaban J connectivity index is 1.44. The topological polar surface area (TPSA) is 55.9 Å². The predicted octanol–water partition coefficient (Wildman–Crippen LogP) is 2.25. The van der Waals surface area contributed by atoms with Gasteiger partial charge in [0.25, 0.3) is 0 Å². The van der Waals surface area contributed by atoms with Crippen molar-refractivity contribution in [1.82, 2.24) is 15.1 Å². The second kappa shape index (κ2) is 9.28. The molecule has 0 saturated carbocycles. The van der Waals surface area contributed by atoms with E-state index < -0.39 is 0 Å². The van der Waals surface area contributed by atoms with Gasteiger partial charge in [-0.1, -0.05) is 19.1 Å². The summed E-state index contributed by atoms with van der Waals surface area (Å²) in [6, 6.07) is 8.44. The number of thioether (sulfide) groups is 1. The lowest BCUT2D eigenvalue weighted by Gasteiger charge is -2.37. The van der Waals surface area contributed by atoms with E-state index in [4.69, 9.17) is 0 Å². The van der Waals surface area contributed by atoms with Crippen molar-refractivity contribution in [1.29, 1.82) is 0 Å².